The number of nitrogens with zero attached hydrogens (tertiary/aromatic N) is 1. The van der Waals surface area contributed by atoms with Crippen molar-refractivity contribution in [1.82, 2.24) is 4.98 Å². The number of nitrogens with two attached hydrogens (primary N) is 2. The number of sulfonamides is 1. The zero-order valence-corrected chi connectivity index (χ0v) is 12.6. The molecule has 1 aromatic carbocycles. The van der Waals surface area contributed by atoms with Gasteiger partial charge in [-0.15, -0.1) is 0 Å². The number of carbonyl (C=O) groups excluding carboxylic acids is 2. The van der Waals surface area contributed by atoms with Gasteiger partial charge in [0.1, 0.15) is 5.03 Å². The number of H-pyrrole nitrogens is 1. The van der Waals surface area contributed by atoms with Crippen LogP contribution >= 0.6 is 0 Å². The van der Waals surface area contributed by atoms with Crippen molar-refractivity contribution in [3.8, 4) is 0 Å². The Morgan fingerprint density at radius 3 is 2.61 bits per heavy atom. The van der Waals surface area contributed by atoms with Crippen LogP contribution in [0.4, 0.5) is 5.69 Å². The first-order chi connectivity index (χ1) is 10.6. The van der Waals surface area contributed by atoms with E-state index < -0.39 is 27.4 Å². The largest absolute Gasteiger partial charge is 0.372 e. The minimum atomic E-state index is -3.87. The van der Waals surface area contributed by atoms with E-state index in [9.17, 15) is 23.1 Å². The van der Waals surface area contributed by atoms with Crippen LogP contribution in [-0.4, -0.2) is 42.5 Å². The number of anilines is 1. The van der Waals surface area contributed by atoms with Gasteiger partial charge >= 0.3 is 0 Å². The molecule has 0 bridgehead atoms. The van der Waals surface area contributed by atoms with Crippen LogP contribution in [0.5, 0.6) is 0 Å². The number of hydrogen-bond donors (Lipinski definition) is 4. The van der Waals surface area contributed by atoms with E-state index in [4.69, 9.17) is 10.9 Å². The number of aliphatic hydroxyl groups is 1. The third kappa shape index (κ3) is 2.36. The minimum absolute atomic E-state index is 0.102. The third-order valence-electron chi connectivity index (χ3n) is 3.90. The number of primary amides is 1. The fourth-order valence-electron chi connectivity index (χ4n) is 2.59. The number of hydrogen-bond acceptors (Lipinski definition) is 5. The van der Waals surface area contributed by atoms with E-state index in [1.54, 1.807) is 18.2 Å². The maximum absolute atomic E-state index is 12.2. The molecule has 0 aliphatic carbocycles. The Labute approximate surface area is 130 Å². The van der Waals surface area contributed by atoms with Gasteiger partial charge in [0.25, 0.3) is 21.8 Å². The van der Waals surface area contributed by atoms with E-state index in [1.807, 2.05) is 0 Å². The summed E-state index contributed by atoms with van der Waals surface area (Å²) in [4.78, 5) is 27.4. The van der Waals surface area contributed by atoms with Crippen LogP contribution in [-0.2, 0) is 19.6 Å². The van der Waals surface area contributed by atoms with Crippen molar-refractivity contribution in [2.75, 3.05) is 11.4 Å². The summed E-state index contributed by atoms with van der Waals surface area (Å²) in [7, 11) is -3.87. The maximum Gasteiger partial charge on any atom is 0.268 e. The Hall–Kier alpha value is -2.43. The molecule has 0 radical (unpaired) electrons. The van der Waals surface area contributed by atoms with Crippen molar-refractivity contribution < 1.29 is 23.1 Å². The van der Waals surface area contributed by atoms with Crippen molar-refractivity contribution in [1.29, 1.82) is 0 Å². The summed E-state index contributed by atoms with van der Waals surface area (Å²) < 4.78 is 22.7. The van der Waals surface area contributed by atoms with Gasteiger partial charge in [0, 0.05) is 29.6 Å². The lowest BCUT2D eigenvalue weighted by Gasteiger charge is -2.19. The molecule has 2 amide bonds. The zero-order chi connectivity index (χ0) is 17.0. The Morgan fingerprint density at radius 2 is 2.04 bits per heavy atom. The van der Waals surface area contributed by atoms with Crippen LogP contribution < -0.4 is 15.8 Å². The van der Waals surface area contributed by atoms with Crippen molar-refractivity contribution in [2.45, 2.75) is 17.0 Å². The first-order valence-corrected chi connectivity index (χ1v) is 8.17. The van der Waals surface area contributed by atoms with Gasteiger partial charge < -0.3 is 20.7 Å². The standard InChI is InChI=1S/C13H14N4O5S/c14-11(18)13(20)3-4-17(12(13)19)8-1-2-9-7(5-8)6-10(16-9)23(15,21)22/h1-2,5-6,16,20H,3-4H2,(H2,14,18)(H2,15,21,22). The van der Waals surface area contributed by atoms with Gasteiger partial charge in [-0.1, -0.05) is 0 Å². The lowest BCUT2D eigenvalue weighted by atomic mass is 10.0. The Morgan fingerprint density at radius 1 is 1.35 bits per heavy atom. The second-order valence-electron chi connectivity index (χ2n) is 5.38. The molecule has 2 heterocycles. The fourth-order valence-corrected chi connectivity index (χ4v) is 3.14. The average Bonchev–Trinajstić information content (AvgIpc) is 3.01. The molecule has 1 aliphatic heterocycles. The van der Waals surface area contributed by atoms with Gasteiger partial charge in [0.05, 0.1) is 0 Å². The highest BCUT2D eigenvalue weighted by atomic mass is 32.2. The highest BCUT2D eigenvalue weighted by molar-refractivity contribution is 7.89. The Kier molecular flexibility index (Phi) is 3.21. The van der Waals surface area contributed by atoms with Crippen molar-refractivity contribution in [3.05, 3.63) is 24.3 Å². The lowest BCUT2D eigenvalue weighted by molar-refractivity contribution is -0.146. The number of rotatable bonds is 3. The molecule has 9 nitrogen and oxygen atoms in total. The van der Waals surface area contributed by atoms with E-state index in [2.05, 4.69) is 4.98 Å². The van der Waals surface area contributed by atoms with Crippen LogP contribution in [0.3, 0.4) is 0 Å². The topological polar surface area (TPSA) is 160 Å². The molecular weight excluding hydrogens is 324 g/mol. The van der Waals surface area contributed by atoms with Gasteiger partial charge in [0.2, 0.25) is 5.60 Å². The molecule has 0 saturated carbocycles. The number of primary sulfonamides is 1. The molecule has 1 unspecified atom stereocenters. The van der Waals surface area contributed by atoms with Crippen LogP contribution in [0.25, 0.3) is 10.9 Å². The predicted molar refractivity (Wildman–Crippen MR) is 80.8 cm³/mol. The number of nitrogens with one attached hydrogen (secondary N) is 1. The predicted octanol–water partition coefficient (Wildman–Crippen LogP) is -1.23. The number of fused-ring (bicyclic) bond motifs is 1. The van der Waals surface area contributed by atoms with Gasteiger partial charge in [0.15, 0.2) is 0 Å². The maximum atomic E-state index is 12.2. The molecule has 10 heteroatoms. The van der Waals surface area contributed by atoms with Crippen molar-refractivity contribution >= 4 is 38.4 Å². The summed E-state index contributed by atoms with van der Waals surface area (Å²) in [6.07, 6.45) is -0.102. The summed E-state index contributed by atoms with van der Waals surface area (Å²) in [6, 6.07) is 6.05. The second-order valence-corrected chi connectivity index (χ2v) is 6.91. The molecule has 1 fully saturated rings. The first kappa shape index (κ1) is 15.5. The van der Waals surface area contributed by atoms with E-state index in [0.29, 0.717) is 16.6 Å². The number of aromatic amines is 1. The van der Waals surface area contributed by atoms with Crippen molar-refractivity contribution in [2.24, 2.45) is 10.9 Å². The summed E-state index contributed by atoms with van der Waals surface area (Å²) in [5.41, 5.74) is 3.81. The molecule has 1 aliphatic rings. The summed E-state index contributed by atoms with van der Waals surface area (Å²) in [5, 5.41) is 15.5. The highest BCUT2D eigenvalue weighted by Gasteiger charge is 2.50. The van der Waals surface area contributed by atoms with Crippen LogP contribution in [0, 0.1) is 0 Å². The number of aromatic nitrogens is 1. The van der Waals surface area contributed by atoms with Gasteiger partial charge in [-0.3, -0.25) is 9.59 Å². The Balaban J connectivity index is 2.02. The van der Waals surface area contributed by atoms with Gasteiger partial charge in [-0.25, -0.2) is 13.6 Å². The third-order valence-corrected chi connectivity index (χ3v) is 4.73. The minimum Gasteiger partial charge on any atom is -0.372 e. The molecule has 2 aromatic rings. The van der Waals surface area contributed by atoms with Gasteiger partial charge in [-0.05, 0) is 24.3 Å². The number of benzene rings is 1. The molecule has 23 heavy (non-hydrogen) atoms. The van der Waals surface area contributed by atoms with E-state index >= 15 is 0 Å². The van der Waals surface area contributed by atoms with Gasteiger partial charge in [-0.2, -0.15) is 0 Å². The normalized spacial score (nSPS) is 22.0. The van der Waals surface area contributed by atoms with Crippen LogP contribution in [0.15, 0.2) is 29.3 Å². The molecular formula is C13H14N4O5S. The first-order valence-electron chi connectivity index (χ1n) is 6.63. The summed E-state index contributed by atoms with van der Waals surface area (Å²) in [6.45, 7) is 0.121. The molecule has 6 N–H and O–H groups in total. The smallest absolute Gasteiger partial charge is 0.268 e. The lowest BCUT2D eigenvalue weighted by Crippen LogP contribution is -2.50. The van der Waals surface area contributed by atoms with E-state index in [1.165, 1.54) is 11.0 Å². The molecule has 1 atom stereocenters. The Bertz CT molecular complexity index is 935. The summed E-state index contributed by atoms with van der Waals surface area (Å²) >= 11 is 0. The fraction of sp³-hybridized carbons (Fsp3) is 0.231. The summed E-state index contributed by atoms with van der Waals surface area (Å²) in [5.74, 6) is -1.89. The molecule has 1 aromatic heterocycles. The quantitative estimate of drug-likeness (QED) is 0.515. The number of carbonyl (C=O) groups is 2. The molecule has 3 rings (SSSR count). The van der Waals surface area contributed by atoms with Crippen molar-refractivity contribution in [3.63, 3.8) is 0 Å². The van der Waals surface area contributed by atoms with E-state index in [0.717, 1.165) is 0 Å². The average molecular weight is 338 g/mol. The van der Waals surface area contributed by atoms with E-state index in [-0.39, 0.29) is 18.0 Å². The highest BCUT2D eigenvalue weighted by Crippen LogP contribution is 2.30. The molecule has 0 spiro atoms. The monoisotopic (exact) mass is 338 g/mol. The zero-order valence-electron chi connectivity index (χ0n) is 11.8. The SMILES string of the molecule is NC(=O)C1(O)CCN(c2ccc3[nH]c(S(N)(=O)=O)cc3c2)C1=O. The number of amides is 2. The molecule has 1 saturated heterocycles. The van der Waals surface area contributed by atoms with Crippen LogP contribution in [0.1, 0.15) is 6.42 Å². The second kappa shape index (κ2) is 4.78. The van der Waals surface area contributed by atoms with Crippen LogP contribution in [0.2, 0.25) is 0 Å². The molecule has 122 valence electrons.